The number of ether oxygens (including phenoxy) is 2. The van der Waals surface area contributed by atoms with Gasteiger partial charge in [0.25, 0.3) is 0 Å². The molecule has 1 aromatic carbocycles. The second-order valence-corrected chi connectivity index (χ2v) is 3.99. The summed E-state index contributed by atoms with van der Waals surface area (Å²) in [5, 5.41) is 18.3. The Morgan fingerprint density at radius 2 is 2.14 bits per heavy atom. The van der Waals surface area contributed by atoms with Crippen LogP contribution in [-0.4, -0.2) is 22.9 Å². The fourth-order valence-electron chi connectivity index (χ4n) is 1.60. The van der Waals surface area contributed by atoms with Crippen LogP contribution in [0.25, 0.3) is 0 Å². The maximum atomic E-state index is 11.0. The molecule has 0 aliphatic carbocycles. The molecule has 2 rings (SSSR count). The van der Waals surface area contributed by atoms with Gasteiger partial charge in [-0.1, -0.05) is 0 Å². The quantitative estimate of drug-likeness (QED) is 0.375. The molecule has 108 valence electrons. The topological polar surface area (TPSA) is 124 Å². The molecular weight excluding hydrogens is 276 g/mol. The zero-order valence-electron chi connectivity index (χ0n) is 11.1. The van der Waals surface area contributed by atoms with E-state index < -0.39 is 4.92 Å². The summed E-state index contributed by atoms with van der Waals surface area (Å²) in [5.41, 5.74) is 5.56. The van der Waals surface area contributed by atoms with Gasteiger partial charge in [-0.05, 0) is 12.1 Å². The van der Waals surface area contributed by atoms with Gasteiger partial charge in [-0.25, -0.2) is 4.98 Å². The smallest absolute Gasteiger partial charge is 0.311 e. The maximum absolute atomic E-state index is 11.0. The Balaban J connectivity index is 2.40. The van der Waals surface area contributed by atoms with Crippen LogP contribution in [0.3, 0.4) is 0 Å². The summed E-state index contributed by atoms with van der Waals surface area (Å²) in [4.78, 5) is 14.4. The zero-order chi connectivity index (χ0) is 15.4. The number of rotatable bonds is 5. The van der Waals surface area contributed by atoms with Gasteiger partial charge in [-0.3, -0.25) is 15.5 Å². The minimum Gasteiger partial charge on any atom is -0.497 e. The number of nitro groups is 1. The van der Waals surface area contributed by atoms with Crippen molar-refractivity contribution in [1.29, 1.82) is 5.41 Å². The molecule has 2 aromatic rings. The fourth-order valence-corrected chi connectivity index (χ4v) is 1.60. The molecule has 0 saturated heterocycles. The van der Waals surface area contributed by atoms with Crippen LogP contribution in [0.2, 0.25) is 0 Å². The Kier molecular flexibility index (Phi) is 3.98. The van der Waals surface area contributed by atoms with Crippen molar-refractivity contribution < 1.29 is 14.4 Å². The number of nitrogen functional groups attached to an aromatic ring is 1. The number of nitro benzene ring substituents is 1. The molecule has 0 unspecified atom stereocenters. The first-order valence-electron chi connectivity index (χ1n) is 5.82. The number of nitrogens with zero attached hydrogens (tertiary/aromatic N) is 2. The van der Waals surface area contributed by atoms with Crippen molar-refractivity contribution in [3.8, 4) is 17.4 Å². The highest BCUT2D eigenvalue weighted by Gasteiger charge is 2.17. The lowest BCUT2D eigenvalue weighted by Gasteiger charge is -2.08. The summed E-state index contributed by atoms with van der Waals surface area (Å²) in [6.07, 6.45) is 1.40. The molecular formula is C13H12N4O4. The van der Waals surface area contributed by atoms with Crippen molar-refractivity contribution in [3.05, 3.63) is 52.2 Å². The average Bonchev–Trinajstić information content (AvgIpc) is 2.47. The van der Waals surface area contributed by atoms with E-state index in [1.807, 2.05) is 0 Å². The standard InChI is InChI=1S/C13H12N4O4/c1-20-9-2-3-10(17(18)19)11(7-9)21-12-6-8(13(14)15)4-5-16-12/h2-7H,1H3,(H3,14,15). The number of methoxy groups -OCH3 is 1. The van der Waals surface area contributed by atoms with Crippen LogP contribution in [0.1, 0.15) is 5.56 Å². The third-order valence-corrected chi connectivity index (χ3v) is 2.62. The van der Waals surface area contributed by atoms with Gasteiger partial charge >= 0.3 is 5.69 Å². The highest BCUT2D eigenvalue weighted by atomic mass is 16.6. The van der Waals surface area contributed by atoms with Crippen molar-refractivity contribution >= 4 is 11.5 Å². The third kappa shape index (κ3) is 3.24. The van der Waals surface area contributed by atoms with E-state index in [0.29, 0.717) is 11.3 Å². The van der Waals surface area contributed by atoms with Crippen molar-refractivity contribution in [2.24, 2.45) is 5.73 Å². The second-order valence-electron chi connectivity index (χ2n) is 3.99. The second kappa shape index (κ2) is 5.87. The first kappa shape index (κ1) is 14.3. The molecule has 0 aliphatic rings. The monoisotopic (exact) mass is 288 g/mol. The predicted octanol–water partition coefficient (Wildman–Crippen LogP) is 2.07. The van der Waals surface area contributed by atoms with Crippen LogP contribution < -0.4 is 15.2 Å². The number of pyridine rings is 1. The highest BCUT2D eigenvalue weighted by molar-refractivity contribution is 5.95. The molecule has 1 heterocycles. The van der Waals surface area contributed by atoms with Crippen LogP contribution in [0, 0.1) is 15.5 Å². The first-order chi connectivity index (χ1) is 10.0. The Morgan fingerprint density at radius 1 is 1.38 bits per heavy atom. The van der Waals surface area contributed by atoms with Gasteiger partial charge in [0.05, 0.1) is 12.0 Å². The number of nitrogens with one attached hydrogen (secondary N) is 1. The number of amidine groups is 1. The molecule has 0 radical (unpaired) electrons. The number of hydrogen-bond donors (Lipinski definition) is 2. The minimum absolute atomic E-state index is 0.00690. The van der Waals surface area contributed by atoms with Crippen LogP contribution in [0.5, 0.6) is 17.4 Å². The Hall–Kier alpha value is -3.16. The number of benzene rings is 1. The number of nitrogens with two attached hydrogens (primary N) is 1. The van der Waals surface area contributed by atoms with Crippen LogP contribution in [-0.2, 0) is 0 Å². The lowest BCUT2D eigenvalue weighted by molar-refractivity contribution is -0.385. The average molecular weight is 288 g/mol. The van der Waals surface area contributed by atoms with E-state index in [-0.39, 0.29) is 23.2 Å². The molecule has 1 aromatic heterocycles. The van der Waals surface area contributed by atoms with Crippen molar-refractivity contribution in [1.82, 2.24) is 4.98 Å². The lowest BCUT2D eigenvalue weighted by Crippen LogP contribution is -2.11. The molecule has 0 saturated carbocycles. The maximum Gasteiger partial charge on any atom is 0.311 e. The van der Waals surface area contributed by atoms with Gasteiger partial charge in [0.2, 0.25) is 11.6 Å². The first-order valence-corrected chi connectivity index (χ1v) is 5.82. The summed E-state index contributed by atoms with van der Waals surface area (Å²) in [6, 6.07) is 7.09. The van der Waals surface area contributed by atoms with E-state index in [9.17, 15) is 10.1 Å². The lowest BCUT2D eigenvalue weighted by atomic mass is 10.2. The van der Waals surface area contributed by atoms with Gasteiger partial charge < -0.3 is 15.2 Å². The SMILES string of the molecule is COc1ccc([N+](=O)[O-])c(Oc2cc(C(=N)N)ccn2)c1. The molecule has 8 heteroatoms. The van der Waals surface area contributed by atoms with Gasteiger partial charge in [-0.15, -0.1) is 0 Å². The Bertz CT molecular complexity index is 702. The predicted molar refractivity (Wildman–Crippen MR) is 75.0 cm³/mol. The van der Waals surface area contributed by atoms with E-state index in [2.05, 4.69) is 4.98 Å². The molecule has 0 bridgehead atoms. The Labute approximate surface area is 119 Å². The van der Waals surface area contributed by atoms with Gasteiger partial charge in [-0.2, -0.15) is 0 Å². The van der Waals surface area contributed by atoms with Crippen LogP contribution in [0.4, 0.5) is 5.69 Å². The van der Waals surface area contributed by atoms with E-state index in [1.54, 1.807) is 0 Å². The van der Waals surface area contributed by atoms with E-state index in [1.165, 1.54) is 43.6 Å². The van der Waals surface area contributed by atoms with Gasteiger partial charge in [0.1, 0.15) is 11.6 Å². The zero-order valence-corrected chi connectivity index (χ0v) is 11.1. The van der Waals surface area contributed by atoms with Crippen LogP contribution in [0.15, 0.2) is 36.5 Å². The summed E-state index contributed by atoms with van der Waals surface area (Å²) >= 11 is 0. The van der Waals surface area contributed by atoms with Gasteiger partial charge in [0.15, 0.2) is 0 Å². The summed E-state index contributed by atoms with van der Waals surface area (Å²) < 4.78 is 10.4. The normalized spacial score (nSPS) is 9.95. The van der Waals surface area contributed by atoms with Crippen molar-refractivity contribution in [2.45, 2.75) is 0 Å². The molecule has 0 aliphatic heterocycles. The van der Waals surface area contributed by atoms with Crippen molar-refractivity contribution in [2.75, 3.05) is 7.11 Å². The number of aromatic nitrogens is 1. The van der Waals surface area contributed by atoms with Crippen molar-refractivity contribution in [3.63, 3.8) is 0 Å². The minimum atomic E-state index is -0.566. The van der Waals surface area contributed by atoms with E-state index in [0.717, 1.165) is 0 Å². The van der Waals surface area contributed by atoms with Gasteiger partial charge in [0, 0.05) is 30.0 Å². The molecule has 8 nitrogen and oxygen atoms in total. The highest BCUT2D eigenvalue weighted by Crippen LogP contribution is 2.34. The third-order valence-electron chi connectivity index (χ3n) is 2.62. The molecule has 3 N–H and O–H groups in total. The molecule has 0 fully saturated rings. The molecule has 21 heavy (non-hydrogen) atoms. The summed E-state index contributed by atoms with van der Waals surface area (Å²) in [6.45, 7) is 0. The number of hydrogen-bond acceptors (Lipinski definition) is 6. The fraction of sp³-hybridized carbons (Fsp3) is 0.0769. The van der Waals surface area contributed by atoms with E-state index in [4.69, 9.17) is 20.6 Å². The summed E-state index contributed by atoms with van der Waals surface area (Å²) in [7, 11) is 1.44. The molecule has 0 spiro atoms. The largest absolute Gasteiger partial charge is 0.497 e. The van der Waals surface area contributed by atoms with Crippen LogP contribution >= 0.6 is 0 Å². The Morgan fingerprint density at radius 3 is 2.76 bits per heavy atom. The molecule has 0 atom stereocenters. The summed E-state index contributed by atoms with van der Waals surface area (Å²) in [5.74, 6) is 0.354. The molecule has 0 amide bonds. The van der Waals surface area contributed by atoms with E-state index >= 15 is 0 Å².